The SMILES string of the molecule is COc1cc2c(cc1O)NC(=O)CC2c1cc(Cl)ccc1OCCCn1ccnc1. The minimum atomic E-state index is -0.273. The summed E-state index contributed by atoms with van der Waals surface area (Å²) in [5, 5.41) is 13.5. The smallest absolute Gasteiger partial charge is 0.225 e. The molecule has 2 N–H and O–H groups in total. The summed E-state index contributed by atoms with van der Waals surface area (Å²) in [7, 11) is 1.49. The number of aryl methyl sites for hydroxylation is 1. The van der Waals surface area contributed by atoms with Crippen LogP contribution in [0.2, 0.25) is 5.02 Å². The van der Waals surface area contributed by atoms with Crippen LogP contribution in [0.3, 0.4) is 0 Å². The van der Waals surface area contributed by atoms with Crippen LogP contribution in [-0.4, -0.2) is 34.3 Å². The van der Waals surface area contributed by atoms with Gasteiger partial charge in [0.25, 0.3) is 0 Å². The molecule has 1 unspecified atom stereocenters. The lowest BCUT2D eigenvalue weighted by Crippen LogP contribution is -2.24. The van der Waals surface area contributed by atoms with Crippen LogP contribution in [0.1, 0.15) is 29.9 Å². The maximum absolute atomic E-state index is 12.4. The van der Waals surface area contributed by atoms with E-state index in [1.807, 2.05) is 22.9 Å². The highest BCUT2D eigenvalue weighted by Gasteiger charge is 2.30. The number of rotatable bonds is 7. The molecular formula is C22H22ClN3O4. The highest BCUT2D eigenvalue weighted by Crippen LogP contribution is 2.45. The number of phenolic OH excluding ortho intramolecular Hbond substituents is 1. The molecule has 2 heterocycles. The fourth-order valence-corrected chi connectivity index (χ4v) is 3.87. The molecule has 1 aromatic heterocycles. The summed E-state index contributed by atoms with van der Waals surface area (Å²) in [5.74, 6) is 0.593. The Morgan fingerprint density at radius 1 is 1.27 bits per heavy atom. The van der Waals surface area contributed by atoms with E-state index in [1.165, 1.54) is 13.2 Å². The van der Waals surface area contributed by atoms with Crippen LogP contribution in [0.25, 0.3) is 0 Å². The van der Waals surface area contributed by atoms with Gasteiger partial charge in [-0.3, -0.25) is 4.79 Å². The Morgan fingerprint density at radius 2 is 2.13 bits per heavy atom. The third-order valence-electron chi connectivity index (χ3n) is 5.11. The number of imidazole rings is 1. The first-order chi connectivity index (χ1) is 14.5. The van der Waals surface area contributed by atoms with E-state index in [-0.39, 0.29) is 24.0 Å². The first kappa shape index (κ1) is 20.1. The van der Waals surface area contributed by atoms with Crippen molar-refractivity contribution < 1.29 is 19.4 Å². The molecule has 3 aromatic rings. The second-order valence-corrected chi connectivity index (χ2v) is 7.54. The van der Waals surface area contributed by atoms with E-state index < -0.39 is 0 Å². The van der Waals surface area contributed by atoms with Crippen molar-refractivity contribution in [2.24, 2.45) is 0 Å². The lowest BCUT2D eigenvalue weighted by Gasteiger charge is -2.28. The molecule has 0 fully saturated rings. The Labute approximate surface area is 179 Å². The van der Waals surface area contributed by atoms with Crippen LogP contribution in [0.15, 0.2) is 49.1 Å². The van der Waals surface area contributed by atoms with Gasteiger partial charge >= 0.3 is 0 Å². The molecule has 0 spiro atoms. The second kappa shape index (κ2) is 8.67. The molecule has 1 atom stereocenters. The van der Waals surface area contributed by atoms with Crippen LogP contribution in [0.5, 0.6) is 17.2 Å². The standard InChI is InChI=1S/C22H22ClN3O4/c1-29-21-10-16-15(11-22(28)25-18(16)12-19(21)27)17-9-14(23)3-4-20(17)30-8-2-6-26-7-5-24-13-26/h3-5,7,9-10,12-13,15,27H,2,6,8,11H2,1H3,(H,25,28). The van der Waals surface area contributed by atoms with Gasteiger partial charge in [-0.25, -0.2) is 4.98 Å². The highest BCUT2D eigenvalue weighted by atomic mass is 35.5. The number of methoxy groups -OCH3 is 1. The summed E-state index contributed by atoms with van der Waals surface area (Å²) >= 11 is 6.28. The van der Waals surface area contributed by atoms with Crippen molar-refractivity contribution in [3.05, 3.63) is 65.2 Å². The number of hydrogen-bond donors (Lipinski definition) is 2. The van der Waals surface area contributed by atoms with Gasteiger partial charge in [-0.2, -0.15) is 0 Å². The molecule has 0 radical (unpaired) electrons. The number of nitrogens with zero attached hydrogens (tertiary/aromatic N) is 2. The van der Waals surface area contributed by atoms with Gasteiger partial charge in [0.2, 0.25) is 5.91 Å². The number of anilines is 1. The van der Waals surface area contributed by atoms with E-state index in [2.05, 4.69) is 10.3 Å². The number of ether oxygens (including phenoxy) is 2. The van der Waals surface area contributed by atoms with Crippen LogP contribution in [0, 0.1) is 0 Å². The first-order valence-corrected chi connectivity index (χ1v) is 10.0. The number of phenols is 1. The van der Waals surface area contributed by atoms with E-state index in [0.29, 0.717) is 28.8 Å². The third-order valence-corrected chi connectivity index (χ3v) is 5.35. The topological polar surface area (TPSA) is 85.6 Å². The Kier molecular flexibility index (Phi) is 5.81. The normalized spacial score (nSPS) is 15.4. The van der Waals surface area contributed by atoms with E-state index in [1.54, 1.807) is 24.7 Å². The van der Waals surface area contributed by atoms with Crippen molar-refractivity contribution in [1.29, 1.82) is 0 Å². The number of aromatic nitrogens is 2. The van der Waals surface area contributed by atoms with Crippen molar-refractivity contribution >= 4 is 23.2 Å². The maximum Gasteiger partial charge on any atom is 0.225 e. The first-order valence-electron chi connectivity index (χ1n) is 9.64. The van der Waals surface area contributed by atoms with Gasteiger partial charge in [-0.15, -0.1) is 0 Å². The largest absolute Gasteiger partial charge is 0.504 e. The van der Waals surface area contributed by atoms with Gasteiger partial charge in [0.05, 0.1) is 20.0 Å². The Hall–Kier alpha value is -3.19. The number of halogens is 1. The molecule has 0 aliphatic carbocycles. The van der Waals surface area contributed by atoms with Gasteiger partial charge in [0, 0.05) is 53.6 Å². The number of benzene rings is 2. The molecule has 4 rings (SSSR count). The zero-order chi connectivity index (χ0) is 21.1. The minimum absolute atomic E-state index is 0.0285. The molecular weight excluding hydrogens is 406 g/mol. The van der Waals surface area contributed by atoms with E-state index >= 15 is 0 Å². The third kappa shape index (κ3) is 4.21. The predicted molar refractivity (Wildman–Crippen MR) is 114 cm³/mol. The fourth-order valence-electron chi connectivity index (χ4n) is 3.69. The van der Waals surface area contributed by atoms with E-state index in [0.717, 1.165) is 24.1 Å². The molecule has 156 valence electrons. The van der Waals surface area contributed by atoms with Crippen molar-refractivity contribution in [2.75, 3.05) is 19.0 Å². The second-order valence-electron chi connectivity index (χ2n) is 7.10. The number of carbonyl (C=O) groups is 1. The molecule has 0 saturated carbocycles. The Morgan fingerprint density at radius 3 is 2.90 bits per heavy atom. The summed E-state index contributed by atoms with van der Waals surface area (Å²) < 4.78 is 13.3. The highest BCUT2D eigenvalue weighted by molar-refractivity contribution is 6.30. The number of carbonyl (C=O) groups excluding carboxylic acids is 1. The van der Waals surface area contributed by atoms with Gasteiger partial charge in [-0.1, -0.05) is 11.6 Å². The average Bonchev–Trinajstić information content (AvgIpc) is 3.24. The molecule has 1 aliphatic heterocycles. The van der Waals surface area contributed by atoms with Crippen molar-refractivity contribution in [2.45, 2.75) is 25.3 Å². The van der Waals surface area contributed by atoms with Crippen molar-refractivity contribution in [1.82, 2.24) is 9.55 Å². The molecule has 30 heavy (non-hydrogen) atoms. The summed E-state index contributed by atoms with van der Waals surface area (Å²) in [5.41, 5.74) is 2.23. The fraction of sp³-hybridized carbons (Fsp3) is 0.273. The molecule has 8 heteroatoms. The van der Waals surface area contributed by atoms with Crippen LogP contribution in [-0.2, 0) is 11.3 Å². The van der Waals surface area contributed by atoms with Gasteiger partial charge in [0.1, 0.15) is 5.75 Å². The molecule has 0 bridgehead atoms. The number of nitrogens with one attached hydrogen (secondary N) is 1. The zero-order valence-corrected chi connectivity index (χ0v) is 17.2. The maximum atomic E-state index is 12.4. The molecule has 0 saturated heterocycles. The van der Waals surface area contributed by atoms with E-state index in [4.69, 9.17) is 21.1 Å². The van der Waals surface area contributed by atoms with E-state index in [9.17, 15) is 9.90 Å². The number of fused-ring (bicyclic) bond motifs is 1. The molecule has 1 aliphatic rings. The minimum Gasteiger partial charge on any atom is -0.504 e. The van der Waals surface area contributed by atoms with Crippen LogP contribution in [0.4, 0.5) is 5.69 Å². The summed E-state index contributed by atoms with van der Waals surface area (Å²) in [6.45, 7) is 1.31. The van der Waals surface area contributed by atoms with Gasteiger partial charge in [0.15, 0.2) is 11.5 Å². The van der Waals surface area contributed by atoms with Gasteiger partial charge < -0.3 is 24.5 Å². The van der Waals surface area contributed by atoms with Crippen LogP contribution < -0.4 is 14.8 Å². The predicted octanol–water partition coefficient (Wildman–Crippen LogP) is 4.19. The lowest BCUT2D eigenvalue weighted by atomic mass is 9.84. The van der Waals surface area contributed by atoms with Crippen molar-refractivity contribution in [3.63, 3.8) is 0 Å². The monoisotopic (exact) mass is 427 g/mol. The lowest BCUT2D eigenvalue weighted by molar-refractivity contribution is -0.116. The molecule has 2 aromatic carbocycles. The number of amides is 1. The Balaban J connectivity index is 1.61. The molecule has 7 nitrogen and oxygen atoms in total. The number of hydrogen-bond acceptors (Lipinski definition) is 5. The quantitative estimate of drug-likeness (QED) is 0.552. The summed E-state index contributed by atoms with van der Waals surface area (Å²) in [6, 6.07) is 8.70. The summed E-state index contributed by atoms with van der Waals surface area (Å²) in [4.78, 5) is 16.4. The average molecular weight is 428 g/mol. The van der Waals surface area contributed by atoms with Crippen LogP contribution >= 0.6 is 11.6 Å². The molecule has 1 amide bonds. The van der Waals surface area contributed by atoms with Crippen molar-refractivity contribution in [3.8, 4) is 17.2 Å². The van der Waals surface area contributed by atoms with Gasteiger partial charge in [-0.05, 0) is 36.2 Å². The Bertz CT molecular complexity index is 1050. The zero-order valence-electron chi connectivity index (χ0n) is 16.5. The number of aromatic hydroxyl groups is 1. The summed E-state index contributed by atoms with van der Waals surface area (Å²) in [6.07, 6.45) is 6.48.